The number of nitrogens with zero attached hydrogens (tertiary/aromatic N) is 2. The van der Waals surface area contributed by atoms with Gasteiger partial charge in [0.2, 0.25) is 11.8 Å². The van der Waals surface area contributed by atoms with E-state index in [0.29, 0.717) is 35.3 Å². The second kappa shape index (κ2) is 8.56. The minimum Gasteiger partial charge on any atom is -0.493 e. The molecule has 0 saturated carbocycles. The zero-order valence-electron chi connectivity index (χ0n) is 17.1. The number of para-hydroxylation sites is 1. The van der Waals surface area contributed by atoms with E-state index in [1.807, 2.05) is 41.3 Å². The Hall–Kier alpha value is -2.73. The van der Waals surface area contributed by atoms with E-state index in [-0.39, 0.29) is 30.2 Å². The summed E-state index contributed by atoms with van der Waals surface area (Å²) in [6, 6.07) is 13.0. The summed E-state index contributed by atoms with van der Waals surface area (Å²) in [4.78, 5) is 29.5. The van der Waals surface area contributed by atoms with E-state index in [4.69, 9.17) is 21.1 Å². The van der Waals surface area contributed by atoms with Gasteiger partial charge < -0.3 is 19.3 Å². The summed E-state index contributed by atoms with van der Waals surface area (Å²) >= 11 is 6.27. The summed E-state index contributed by atoms with van der Waals surface area (Å²) in [5, 5.41) is 0.517. The Morgan fingerprint density at radius 1 is 1.10 bits per heavy atom. The quantitative estimate of drug-likeness (QED) is 0.720. The highest BCUT2D eigenvalue weighted by atomic mass is 35.5. The van der Waals surface area contributed by atoms with Crippen molar-refractivity contribution < 1.29 is 19.1 Å². The number of hydrogen-bond donors (Lipinski definition) is 0. The maximum atomic E-state index is 13.4. The van der Waals surface area contributed by atoms with Crippen LogP contribution in [0.15, 0.2) is 42.5 Å². The predicted molar refractivity (Wildman–Crippen MR) is 115 cm³/mol. The number of carbonyl (C=O) groups is 2. The van der Waals surface area contributed by atoms with Crippen molar-refractivity contribution in [2.24, 2.45) is 5.92 Å². The maximum absolute atomic E-state index is 13.4. The highest BCUT2D eigenvalue weighted by Gasteiger charge is 2.41. The number of hydrogen-bond acceptors (Lipinski definition) is 4. The zero-order valence-corrected chi connectivity index (χ0v) is 17.9. The molecule has 30 heavy (non-hydrogen) atoms. The second-order valence-corrected chi connectivity index (χ2v) is 8.07. The van der Waals surface area contributed by atoms with Crippen LogP contribution in [-0.2, 0) is 9.59 Å². The first-order valence-electron chi connectivity index (χ1n) is 10.1. The molecule has 0 spiro atoms. The summed E-state index contributed by atoms with van der Waals surface area (Å²) in [6.07, 6.45) is 2.02. The highest BCUT2D eigenvalue weighted by molar-refractivity contribution is 6.33. The largest absolute Gasteiger partial charge is 0.493 e. The molecular weight excluding hydrogens is 404 g/mol. The number of rotatable bonds is 5. The molecule has 0 radical (unpaired) electrons. The first-order valence-corrected chi connectivity index (χ1v) is 10.5. The molecule has 6 nitrogen and oxygen atoms in total. The minimum absolute atomic E-state index is 0.0233. The van der Waals surface area contributed by atoms with Gasteiger partial charge in [0.05, 0.1) is 36.9 Å². The molecular formula is C23H25ClN2O4. The fourth-order valence-electron chi connectivity index (χ4n) is 4.45. The third-order valence-corrected chi connectivity index (χ3v) is 6.27. The van der Waals surface area contributed by atoms with Gasteiger partial charge in [-0.05, 0) is 42.7 Å². The fraction of sp³-hybridized carbons (Fsp3) is 0.391. The van der Waals surface area contributed by atoms with Gasteiger partial charge in [-0.25, -0.2) is 0 Å². The molecule has 158 valence electrons. The van der Waals surface area contributed by atoms with Crippen molar-refractivity contribution in [3.8, 4) is 11.5 Å². The summed E-state index contributed by atoms with van der Waals surface area (Å²) in [6.45, 7) is 1.05. The van der Waals surface area contributed by atoms with Crippen LogP contribution in [0.1, 0.15) is 30.9 Å². The smallest absolute Gasteiger partial charge is 0.228 e. The van der Waals surface area contributed by atoms with E-state index >= 15 is 0 Å². The third-order valence-electron chi connectivity index (χ3n) is 5.95. The van der Waals surface area contributed by atoms with Crippen molar-refractivity contribution in [3.05, 3.63) is 53.1 Å². The van der Waals surface area contributed by atoms with Crippen molar-refractivity contribution in [1.29, 1.82) is 0 Å². The Bertz CT molecular complexity index is 964. The highest BCUT2D eigenvalue weighted by Crippen LogP contribution is 2.39. The molecule has 2 aromatic rings. The topological polar surface area (TPSA) is 59.1 Å². The minimum atomic E-state index is -0.366. The standard InChI is InChI=1S/C23H25ClN2O4/c1-29-20-10-9-15(12-21(20)30-2)18-8-5-11-25(18)23(28)16-13-22(27)26(14-16)19-7-4-3-6-17(19)24/h3-4,6-7,9-10,12,16,18H,5,8,11,13-14H2,1-2H3/t16-,18-/m0/s1. The van der Waals surface area contributed by atoms with Gasteiger partial charge in [-0.1, -0.05) is 29.8 Å². The van der Waals surface area contributed by atoms with Crippen LogP contribution in [-0.4, -0.2) is 44.0 Å². The molecule has 2 saturated heterocycles. The SMILES string of the molecule is COc1ccc([C@@H]2CCCN2C(=O)[C@H]2CC(=O)N(c3ccccc3Cl)C2)cc1OC. The normalized spacial score (nSPS) is 21.2. The number of likely N-dealkylation sites (tertiary alicyclic amines) is 1. The lowest BCUT2D eigenvalue weighted by Crippen LogP contribution is -2.37. The molecule has 2 aliphatic rings. The number of benzene rings is 2. The van der Waals surface area contributed by atoms with Crippen molar-refractivity contribution in [2.45, 2.75) is 25.3 Å². The van der Waals surface area contributed by atoms with E-state index in [2.05, 4.69) is 0 Å². The van der Waals surface area contributed by atoms with Crippen LogP contribution >= 0.6 is 11.6 Å². The average molecular weight is 429 g/mol. The third kappa shape index (κ3) is 3.72. The van der Waals surface area contributed by atoms with Crippen LogP contribution in [0.4, 0.5) is 5.69 Å². The number of methoxy groups -OCH3 is 2. The predicted octanol–water partition coefficient (Wildman–Crippen LogP) is 4.07. The van der Waals surface area contributed by atoms with Gasteiger partial charge in [-0.3, -0.25) is 9.59 Å². The second-order valence-electron chi connectivity index (χ2n) is 7.66. The summed E-state index contributed by atoms with van der Waals surface area (Å²) in [5.41, 5.74) is 1.68. The molecule has 2 heterocycles. The first kappa shape index (κ1) is 20.5. The van der Waals surface area contributed by atoms with E-state index in [1.54, 1.807) is 25.2 Å². The lowest BCUT2D eigenvalue weighted by Gasteiger charge is -2.28. The number of carbonyl (C=O) groups excluding carboxylic acids is 2. The molecule has 2 fully saturated rings. The Balaban J connectivity index is 1.53. The average Bonchev–Trinajstić information content (AvgIpc) is 3.40. The molecule has 0 aromatic heterocycles. The Morgan fingerprint density at radius 3 is 2.60 bits per heavy atom. The Morgan fingerprint density at radius 2 is 1.87 bits per heavy atom. The van der Waals surface area contributed by atoms with Crippen LogP contribution in [0.2, 0.25) is 5.02 Å². The van der Waals surface area contributed by atoms with Crippen molar-refractivity contribution in [2.75, 3.05) is 32.2 Å². The number of halogens is 1. The maximum Gasteiger partial charge on any atom is 0.228 e. The van der Waals surface area contributed by atoms with Gasteiger partial charge in [-0.15, -0.1) is 0 Å². The van der Waals surface area contributed by atoms with Crippen LogP contribution in [0.25, 0.3) is 0 Å². The van der Waals surface area contributed by atoms with E-state index < -0.39 is 0 Å². The summed E-state index contributed by atoms with van der Waals surface area (Å²) in [7, 11) is 3.21. The number of amides is 2. The number of anilines is 1. The number of ether oxygens (including phenoxy) is 2. The van der Waals surface area contributed by atoms with E-state index in [1.165, 1.54) is 0 Å². The van der Waals surface area contributed by atoms with Gasteiger partial charge in [-0.2, -0.15) is 0 Å². The van der Waals surface area contributed by atoms with Crippen LogP contribution in [0.5, 0.6) is 11.5 Å². The van der Waals surface area contributed by atoms with Crippen LogP contribution < -0.4 is 14.4 Å². The molecule has 0 bridgehead atoms. The van der Waals surface area contributed by atoms with E-state index in [0.717, 1.165) is 18.4 Å². The molecule has 4 rings (SSSR count). The molecule has 0 N–H and O–H groups in total. The molecule has 2 atom stereocenters. The molecule has 0 unspecified atom stereocenters. The van der Waals surface area contributed by atoms with Gasteiger partial charge in [0.1, 0.15) is 0 Å². The van der Waals surface area contributed by atoms with Crippen LogP contribution in [0.3, 0.4) is 0 Å². The molecule has 7 heteroatoms. The van der Waals surface area contributed by atoms with Crippen molar-refractivity contribution >= 4 is 29.1 Å². The Kier molecular flexibility index (Phi) is 5.86. The Labute approximate surface area is 181 Å². The summed E-state index contributed by atoms with van der Waals surface area (Å²) in [5.74, 6) is 0.900. The van der Waals surface area contributed by atoms with Crippen molar-refractivity contribution in [1.82, 2.24) is 4.90 Å². The molecule has 2 aliphatic heterocycles. The van der Waals surface area contributed by atoms with Gasteiger partial charge in [0.15, 0.2) is 11.5 Å². The fourth-order valence-corrected chi connectivity index (χ4v) is 4.69. The monoisotopic (exact) mass is 428 g/mol. The van der Waals surface area contributed by atoms with Gasteiger partial charge >= 0.3 is 0 Å². The lowest BCUT2D eigenvalue weighted by atomic mass is 10.0. The van der Waals surface area contributed by atoms with E-state index in [9.17, 15) is 9.59 Å². The molecule has 0 aliphatic carbocycles. The summed E-state index contributed by atoms with van der Waals surface area (Å²) < 4.78 is 10.8. The first-order chi connectivity index (χ1) is 14.5. The van der Waals surface area contributed by atoms with Crippen LogP contribution in [0, 0.1) is 5.92 Å². The molecule has 2 aromatic carbocycles. The van der Waals surface area contributed by atoms with Gasteiger partial charge in [0.25, 0.3) is 0 Å². The van der Waals surface area contributed by atoms with Gasteiger partial charge in [0, 0.05) is 19.5 Å². The molecule has 2 amide bonds. The lowest BCUT2D eigenvalue weighted by molar-refractivity contribution is -0.136. The van der Waals surface area contributed by atoms with Crippen molar-refractivity contribution in [3.63, 3.8) is 0 Å². The zero-order chi connectivity index (χ0) is 21.3.